The Labute approximate surface area is 135 Å². The number of amides is 1. The Morgan fingerprint density at radius 1 is 1.30 bits per heavy atom. The Morgan fingerprint density at radius 3 is 2.78 bits per heavy atom. The number of hydrogen-bond donors (Lipinski definition) is 2. The van der Waals surface area contributed by atoms with Crippen molar-refractivity contribution in [3.8, 4) is 5.75 Å². The smallest absolute Gasteiger partial charge is 0.266 e. The second-order valence-electron chi connectivity index (χ2n) is 5.78. The van der Waals surface area contributed by atoms with Crippen LogP contribution in [0.4, 0.5) is 11.6 Å². The molecule has 2 unspecified atom stereocenters. The van der Waals surface area contributed by atoms with Crippen LogP contribution in [0.1, 0.15) is 25.2 Å². The molecule has 2 N–H and O–H groups in total. The first-order chi connectivity index (χ1) is 11.0. The molecular formula is C17H20N4O2. The van der Waals surface area contributed by atoms with Gasteiger partial charge in [-0.15, -0.1) is 0 Å². The summed E-state index contributed by atoms with van der Waals surface area (Å²) >= 11 is 0. The molecule has 1 amide bonds. The van der Waals surface area contributed by atoms with Gasteiger partial charge in [-0.3, -0.25) is 4.79 Å². The van der Waals surface area contributed by atoms with Crippen LogP contribution in [-0.4, -0.2) is 28.0 Å². The number of hydrogen-bond acceptors (Lipinski definition) is 5. The summed E-state index contributed by atoms with van der Waals surface area (Å²) in [5, 5.41) is 6.13. The molecule has 3 rings (SSSR count). The van der Waals surface area contributed by atoms with Gasteiger partial charge in [0.25, 0.3) is 5.91 Å². The molecule has 6 nitrogen and oxygen atoms in total. The molecule has 0 spiro atoms. The Hall–Kier alpha value is -2.63. The molecule has 1 aromatic carbocycles. The van der Waals surface area contributed by atoms with E-state index < -0.39 is 6.10 Å². The van der Waals surface area contributed by atoms with Crippen LogP contribution in [0.3, 0.4) is 0 Å². The number of nitrogens with zero attached hydrogens (tertiary/aromatic N) is 2. The van der Waals surface area contributed by atoms with Gasteiger partial charge in [0.1, 0.15) is 5.82 Å². The highest BCUT2D eigenvalue weighted by atomic mass is 16.5. The van der Waals surface area contributed by atoms with Gasteiger partial charge in [-0.1, -0.05) is 30.3 Å². The van der Waals surface area contributed by atoms with E-state index in [2.05, 4.69) is 39.7 Å². The number of anilines is 2. The van der Waals surface area contributed by atoms with Gasteiger partial charge in [0.15, 0.2) is 17.7 Å². The fourth-order valence-corrected chi connectivity index (χ4v) is 2.56. The van der Waals surface area contributed by atoms with Crippen LogP contribution in [0.2, 0.25) is 0 Å². The lowest BCUT2D eigenvalue weighted by Crippen LogP contribution is -2.36. The standard InChI is InChI=1S/C17H20N4O2/c1-10(9-13-7-5-4-6-8-13)18-15-14-16(20-12(3)19-15)21-17(22)11(2)23-14/h4-8,10-11H,9H2,1-3H3,(H2,18,19,20,21,22). The zero-order valence-corrected chi connectivity index (χ0v) is 13.5. The molecule has 120 valence electrons. The first-order valence-corrected chi connectivity index (χ1v) is 7.69. The summed E-state index contributed by atoms with van der Waals surface area (Å²) in [7, 11) is 0. The maximum absolute atomic E-state index is 11.7. The highest BCUT2D eigenvalue weighted by Crippen LogP contribution is 2.34. The molecule has 2 aromatic rings. The summed E-state index contributed by atoms with van der Waals surface area (Å²) in [6.45, 7) is 5.58. The van der Waals surface area contributed by atoms with E-state index in [1.807, 2.05) is 18.2 Å². The van der Waals surface area contributed by atoms with Crippen LogP contribution in [0.15, 0.2) is 30.3 Å². The number of benzene rings is 1. The van der Waals surface area contributed by atoms with Crippen molar-refractivity contribution in [1.82, 2.24) is 9.97 Å². The average molecular weight is 312 g/mol. The molecule has 6 heteroatoms. The number of carbonyl (C=O) groups is 1. The van der Waals surface area contributed by atoms with E-state index in [9.17, 15) is 4.79 Å². The van der Waals surface area contributed by atoms with Crippen LogP contribution >= 0.6 is 0 Å². The summed E-state index contributed by atoms with van der Waals surface area (Å²) in [5.41, 5.74) is 1.25. The number of aryl methyl sites for hydroxylation is 1. The Kier molecular flexibility index (Phi) is 4.14. The second kappa shape index (κ2) is 6.24. The van der Waals surface area contributed by atoms with E-state index in [0.717, 1.165) is 6.42 Å². The topological polar surface area (TPSA) is 76.1 Å². The molecule has 0 bridgehead atoms. The first-order valence-electron chi connectivity index (χ1n) is 7.69. The Bertz CT molecular complexity index is 718. The molecule has 0 aliphatic carbocycles. The predicted molar refractivity (Wildman–Crippen MR) is 88.7 cm³/mol. The summed E-state index contributed by atoms with van der Waals surface area (Å²) in [4.78, 5) is 20.4. The number of ether oxygens (including phenoxy) is 1. The minimum Gasteiger partial charge on any atom is -0.473 e. The number of fused-ring (bicyclic) bond motifs is 1. The minimum atomic E-state index is -0.557. The van der Waals surface area contributed by atoms with Crippen LogP contribution in [0.25, 0.3) is 0 Å². The lowest BCUT2D eigenvalue weighted by molar-refractivity contribution is -0.122. The van der Waals surface area contributed by atoms with Gasteiger partial charge in [-0.25, -0.2) is 9.97 Å². The third kappa shape index (κ3) is 3.41. The molecule has 0 radical (unpaired) electrons. The van der Waals surface area contributed by atoms with Gasteiger partial charge < -0.3 is 15.4 Å². The molecule has 2 atom stereocenters. The van der Waals surface area contributed by atoms with Crippen molar-refractivity contribution < 1.29 is 9.53 Å². The Balaban J connectivity index is 1.81. The van der Waals surface area contributed by atoms with Crippen molar-refractivity contribution in [3.63, 3.8) is 0 Å². The van der Waals surface area contributed by atoms with Crippen LogP contribution in [-0.2, 0) is 11.2 Å². The predicted octanol–water partition coefficient (Wildman–Crippen LogP) is 2.55. The zero-order valence-electron chi connectivity index (χ0n) is 13.5. The number of rotatable bonds is 4. The maximum Gasteiger partial charge on any atom is 0.266 e. The molecule has 1 aromatic heterocycles. The van der Waals surface area contributed by atoms with E-state index in [4.69, 9.17) is 4.74 Å². The van der Waals surface area contributed by atoms with Gasteiger partial charge in [0.05, 0.1) is 0 Å². The first kappa shape index (κ1) is 15.3. The van der Waals surface area contributed by atoms with Crippen LogP contribution < -0.4 is 15.4 Å². The van der Waals surface area contributed by atoms with E-state index >= 15 is 0 Å². The molecule has 0 saturated heterocycles. The molecule has 2 heterocycles. The van der Waals surface area contributed by atoms with Gasteiger partial charge in [0, 0.05) is 6.04 Å². The van der Waals surface area contributed by atoms with Crippen molar-refractivity contribution in [2.75, 3.05) is 10.6 Å². The van der Waals surface area contributed by atoms with Crippen molar-refractivity contribution in [2.24, 2.45) is 0 Å². The number of carbonyl (C=O) groups excluding carboxylic acids is 1. The van der Waals surface area contributed by atoms with Crippen LogP contribution in [0, 0.1) is 6.92 Å². The molecule has 1 aliphatic heterocycles. The third-order valence-corrected chi connectivity index (χ3v) is 3.65. The molecular weight excluding hydrogens is 292 g/mol. The molecule has 23 heavy (non-hydrogen) atoms. The highest BCUT2D eigenvalue weighted by Gasteiger charge is 2.28. The molecule has 0 saturated carbocycles. The molecule has 1 aliphatic rings. The lowest BCUT2D eigenvalue weighted by atomic mass is 10.1. The van der Waals surface area contributed by atoms with Gasteiger partial charge in [-0.2, -0.15) is 0 Å². The zero-order chi connectivity index (χ0) is 16.4. The van der Waals surface area contributed by atoms with E-state index in [1.165, 1.54) is 5.56 Å². The summed E-state index contributed by atoms with van der Waals surface area (Å²) in [5.74, 6) is 1.93. The normalized spacial score (nSPS) is 17.7. The minimum absolute atomic E-state index is 0.160. The second-order valence-corrected chi connectivity index (χ2v) is 5.78. The van der Waals surface area contributed by atoms with Gasteiger partial charge >= 0.3 is 0 Å². The highest BCUT2D eigenvalue weighted by molar-refractivity contribution is 5.97. The van der Waals surface area contributed by atoms with E-state index in [-0.39, 0.29) is 11.9 Å². The monoisotopic (exact) mass is 312 g/mol. The summed E-state index contributed by atoms with van der Waals surface area (Å²) in [6.07, 6.45) is 0.305. The van der Waals surface area contributed by atoms with Gasteiger partial charge in [0.2, 0.25) is 5.75 Å². The number of aromatic nitrogens is 2. The van der Waals surface area contributed by atoms with Crippen LogP contribution in [0.5, 0.6) is 5.75 Å². The van der Waals surface area contributed by atoms with Crippen molar-refractivity contribution in [2.45, 2.75) is 39.3 Å². The maximum atomic E-state index is 11.7. The third-order valence-electron chi connectivity index (χ3n) is 3.65. The Morgan fingerprint density at radius 2 is 2.04 bits per heavy atom. The fourth-order valence-electron chi connectivity index (χ4n) is 2.56. The van der Waals surface area contributed by atoms with Crippen molar-refractivity contribution >= 4 is 17.5 Å². The molecule has 0 fully saturated rings. The van der Waals surface area contributed by atoms with E-state index in [0.29, 0.717) is 23.2 Å². The average Bonchev–Trinajstić information content (AvgIpc) is 2.50. The van der Waals surface area contributed by atoms with E-state index in [1.54, 1.807) is 13.8 Å². The number of nitrogens with one attached hydrogen (secondary N) is 2. The largest absolute Gasteiger partial charge is 0.473 e. The van der Waals surface area contributed by atoms with Gasteiger partial charge in [-0.05, 0) is 32.8 Å². The van der Waals surface area contributed by atoms with Crippen molar-refractivity contribution in [3.05, 3.63) is 41.7 Å². The summed E-state index contributed by atoms with van der Waals surface area (Å²) < 4.78 is 5.68. The van der Waals surface area contributed by atoms with Crippen molar-refractivity contribution in [1.29, 1.82) is 0 Å². The lowest BCUT2D eigenvalue weighted by Gasteiger charge is -2.25. The summed E-state index contributed by atoms with van der Waals surface area (Å²) in [6, 6.07) is 10.4. The SMILES string of the molecule is Cc1nc2c(c(NC(C)Cc3ccccc3)n1)OC(C)C(=O)N2. The quantitative estimate of drug-likeness (QED) is 0.907. The fraction of sp³-hybridized carbons (Fsp3) is 0.353.